The number of hydrogen-bond donors (Lipinski definition) is 0. The van der Waals surface area contributed by atoms with Gasteiger partial charge in [0.15, 0.2) is 17.2 Å². The summed E-state index contributed by atoms with van der Waals surface area (Å²) in [7, 11) is 0. The van der Waals surface area contributed by atoms with Crippen LogP contribution in [0.25, 0.3) is 95.3 Å². The summed E-state index contributed by atoms with van der Waals surface area (Å²) >= 11 is 0. The fraction of sp³-hybridized carbons (Fsp3) is 0.0800. The van der Waals surface area contributed by atoms with E-state index in [-0.39, 0.29) is 5.41 Å². The van der Waals surface area contributed by atoms with Crippen molar-refractivity contribution in [3.63, 3.8) is 0 Å². The number of nitrogens with zero attached hydrogens (tertiary/aromatic N) is 5. The van der Waals surface area contributed by atoms with Crippen LogP contribution in [0, 0.1) is 0 Å². The lowest BCUT2D eigenvalue weighted by Gasteiger charge is -2.19. The molecule has 0 atom stereocenters. The van der Waals surface area contributed by atoms with E-state index in [1.807, 2.05) is 48.5 Å². The zero-order valence-corrected chi connectivity index (χ0v) is 31.3. The van der Waals surface area contributed by atoms with Gasteiger partial charge in [0.1, 0.15) is 5.52 Å². The highest BCUT2D eigenvalue weighted by atomic mass is 16.3. The highest BCUT2D eigenvalue weighted by molar-refractivity contribution is 6.15. The van der Waals surface area contributed by atoms with Crippen molar-refractivity contribution in [1.82, 2.24) is 24.5 Å². The second-order valence-corrected chi connectivity index (χ2v) is 15.1. The van der Waals surface area contributed by atoms with E-state index in [2.05, 4.69) is 147 Å². The Morgan fingerprint density at radius 1 is 0.464 bits per heavy atom. The first-order valence-electron chi connectivity index (χ1n) is 18.9. The molecular formula is C50H37N5O. The molecular weight excluding hydrogens is 687 g/mol. The van der Waals surface area contributed by atoms with Gasteiger partial charge in [0.2, 0.25) is 11.8 Å². The van der Waals surface area contributed by atoms with E-state index in [0.717, 1.165) is 71.8 Å². The third kappa shape index (κ3) is 5.83. The van der Waals surface area contributed by atoms with Crippen LogP contribution in [0.15, 0.2) is 174 Å². The summed E-state index contributed by atoms with van der Waals surface area (Å²) in [6, 6.07) is 58.5. The monoisotopic (exact) mass is 723 g/mol. The standard InChI is InChI=1S/C50H37N5O/c1-50(2,3)37-29-27-33(28-30-37)46-52-47(36-20-12-19-35(31-36)39-23-13-24-41-45(39)56-48(51-41)34-17-8-5-9-18-34)54-49(53-46)55-42-25-11-10-21-40(42)44-38(22-14-26-43(44)55)32-15-6-4-7-16-32/h4-31H,1-3H3. The molecule has 0 aliphatic heterocycles. The molecule has 56 heavy (non-hydrogen) atoms. The maximum absolute atomic E-state index is 6.43. The second kappa shape index (κ2) is 13.3. The van der Waals surface area contributed by atoms with E-state index in [1.165, 1.54) is 5.56 Å². The van der Waals surface area contributed by atoms with Crippen molar-refractivity contribution >= 4 is 32.9 Å². The molecule has 0 saturated carbocycles. The molecule has 10 aromatic rings. The zero-order valence-electron chi connectivity index (χ0n) is 31.3. The largest absolute Gasteiger partial charge is 0.435 e. The topological polar surface area (TPSA) is 69.6 Å². The molecule has 3 heterocycles. The third-order valence-corrected chi connectivity index (χ3v) is 10.5. The summed E-state index contributed by atoms with van der Waals surface area (Å²) in [5, 5.41) is 2.29. The molecule has 6 nitrogen and oxygen atoms in total. The molecule has 0 aliphatic carbocycles. The molecule has 0 radical (unpaired) electrons. The van der Waals surface area contributed by atoms with Gasteiger partial charge in [0, 0.05) is 33.0 Å². The van der Waals surface area contributed by atoms with Gasteiger partial charge < -0.3 is 4.42 Å². The number of aromatic nitrogens is 5. The van der Waals surface area contributed by atoms with Crippen LogP contribution in [-0.4, -0.2) is 24.5 Å². The molecule has 10 rings (SSSR count). The van der Waals surface area contributed by atoms with E-state index in [0.29, 0.717) is 23.5 Å². The molecule has 0 bridgehead atoms. The maximum Gasteiger partial charge on any atom is 0.238 e. The number of para-hydroxylation sites is 2. The Hall–Kier alpha value is -7.18. The van der Waals surface area contributed by atoms with Crippen molar-refractivity contribution in [2.24, 2.45) is 0 Å². The van der Waals surface area contributed by atoms with Crippen molar-refractivity contribution in [2.45, 2.75) is 26.2 Å². The molecule has 0 unspecified atom stereocenters. The van der Waals surface area contributed by atoms with Crippen LogP contribution < -0.4 is 0 Å². The first-order chi connectivity index (χ1) is 27.4. The first kappa shape index (κ1) is 33.4. The lowest BCUT2D eigenvalue weighted by molar-refractivity contribution is 0.590. The quantitative estimate of drug-likeness (QED) is 0.171. The van der Waals surface area contributed by atoms with Gasteiger partial charge in [-0.15, -0.1) is 0 Å². The molecule has 0 saturated heterocycles. The average molecular weight is 724 g/mol. The third-order valence-electron chi connectivity index (χ3n) is 10.5. The normalized spacial score (nSPS) is 11.8. The van der Waals surface area contributed by atoms with Crippen LogP contribution in [0.5, 0.6) is 0 Å². The summed E-state index contributed by atoms with van der Waals surface area (Å²) in [6.45, 7) is 6.67. The zero-order chi connectivity index (χ0) is 37.8. The minimum atomic E-state index is 0.0159. The van der Waals surface area contributed by atoms with Crippen LogP contribution in [0.3, 0.4) is 0 Å². The summed E-state index contributed by atoms with van der Waals surface area (Å²) in [5.41, 5.74) is 11.8. The highest BCUT2D eigenvalue weighted by Gasteiger charge is 2.21. The Kier molecular flexibility index (Phi) is 7.92. The molecule has 3 aromatic heterocycles. The van der Waals surface area contributed by atoms with Gasteiger partial charge in [-0.1, -0.05) is 154 Å². The van der Waals surface area contributed by atoms with Crippen molar-refractivity contribution in [3.05, 3.63) is 175 Å². The number of benzene rings is 7. The fourth-order valence-corrected chi connectivity index (χ4v) is 7.64. The second-order valence-electron chi connectivity index (χ2n) is 15.1. The molecule has 0 amide bonds. The Balaban J connectivity index is 1.18. The van der Waals surface area contributed by atoms with Gasteiger partial charge in [-0.2, -0.15) is 9.97 Å². The number of hydrogen-bond acceptors (Lipinski definition) is 5. The molecule has 0 aliphatic rings. The average Bonchev–Trinajstić information content (AvgIpc) is 3.84. The summed E-state index contributed by atoms with van der Waals surface area (Å²) in [5.74, 6) is 2.32. The maximum atomic E-state index is 6.43. The van der Waals surface area contributed by atoms with Crippen LogP contribution >= 0.6 is 0 Å². The summed E-state index contributed by atoms with van der Waals surface area (Å²) in [4.78, 5) is 20.5. The smallest absolute Gasteiger partial charge is 0.238 e. The van der Waals surface area contributed by atoms with Crippen molar-refractivity contribution in [3.8, 4) is 62.4 Å². The van der Waals surface area contributed by atoms with Crippen LogP contribution in [-0.2, 0) is 5.41 Å². The molecule has 0 fully saturated rings. The van der Waals surface area contributed by atoms with E-state index < -0.39 is 0 Å². The van der Waals surface area contributed by atoms with Crippen LogP contribution in [0.4, 0.5) is 0 Å². The Labute approximate surface area is 324 Å². The molecule has 268 valence electrons. The lowest BCUT2D eigenvalue weighted by atomic mass is 9.87. The molecule has 7 aromatic carbocycles. The minimum absolute atomic E-state index is 0.0159. The van der Waals surface area contributed by atoms with Gasteiger partial charge in [-0.05, 0) is 64.1 Å². The van der Waals surface area contributed by atoms with Crippen LogP contribution in [0.2, 0.25) is 0 Å². The Bertz CT molecular complexity index is 3050. The number of rotatable bonds is 6. The van der Waals surface area contributed by atoms with Gasteiger partial charge in [0.05, 0.1) is 11.0 Å². The van der Waals surface area contributed by atoms with E-state index in [4.69, 9.17) is 24.4 Å². The molecule has 6 heteroatoms. The van der Waals surface area contributed by atoms with Gasteiger partial charge in [-0.25, -0.2) is 9.97 Å². The van der Waals surface area contributed by atoms with E-state index >= 15 is 0 Å². The van der Waals surface area contributed by atoms with Crippen molar-refractivity contribution in [1.29, 1.82) is 0 Å². The Morgan fingerprint density at radius 2 is 1.07 bits per heavy atom. The van der Waals surface area contributed by atoms with Crippen molar-refractivity contribution in [2.75, 3.05) is 0 Å². The molecule has 0 N–H and O–H groups in total. The van der Waals surface area contributed by atoms with Gasteiger partial charge in [-0.3, -0.25) is 4.57 Å². The fourth-order valence-electron chi connectivity index (χ4n) is 7.64. The van der Waals surface area contributed by atoms with Gasteiger partial charge in [0.25, 0.3) is 0 Å². The lowest BCUT2D eigenvalue weighted by Crippen LogP contribution is -2.10. The summed E-state index contributed by atoms with van der Waals surface area (Å²) in [6.07, 6.45) is 0. The minimum Gasteiger partial charge on any atom is -0.435 e. The SMILES string of the molecule is CC(C)(C)c1ccc(-c2nc(-c3cccc(-c4cccc5nc(-c6ccccc6)oc45)c3)nc(-n3c4ccccc4c4c(-c5ccccc5)cccc43)n2)cc1. The first-order valence-corrected chi connectivity index (χ1v) is 18.9. The predicted octanol–water partition coefficient (Wildman–Crippen LogP) is 12.7. The number of oxazole rings is 1. The van der Waals surface area contributed by atoms with Crippen LogP contribution in [0.1, 0.15) is 26.3 Å². The highest BCUT2D eigenvalue weighted by Crippen LogP contribution is 2.39. The molecule has 0 spiro atoms. The summed E-state index contributed by atoms with van der Waals surface area (Å²) < 4.78 is 8.61. The predicted molar refractivity (Wildman–Crippen MR) is 228 cm³/mol. The number of fused-ring (bicyclic) bond motifs is 4. The van der Waals surface area contributed by atoms with Gasteiger partial charge >= 0.3 is 0 Å². The van der Waals surface area contributed by atoms with E-state index in [9.17, 15) is 0 Å². The van der Waals surface area contributed by atoms with E-state index in [1.54, 1.807) is 0 Å². The Morgan fingerprint density at radius 3 is 1.84 bits per heavy atom. The van der Waals surface area contributed by atoms with Crippen molar-refractivity contribution < 1.29 is 4.42 Å².